The molecule has 3 heterocycles. The van der Waals surface area contributed by atoms with Crippen molar-refractivity contribution in [2.75, 3.05) is 63.7 Å². The van der Waals surface area contributed by atoms with Crippen LogP contribution in [0.5, 0.6) is 5.88 Å². The number of nitrogens with one attached hydrogen (secondary N) is 1. The topological polar surface area (TPSA) is 141 Å². The third kappa shape index (κ3) is 6.00. The molecule has 4 rings (SSSR count). The summed E-state index contributed by atoms with van der Waals surface area (Å²) in [7, 11) is 1.80. The van der Waals surface area contributed by atoms with Crippen LogP contribution in [0.2, 0.25) is 0 Å². The van der Waals surface area contributed by atoms with Crippen molar-refractivity contribution in [2.45, 2.75) is 31.9 Å². The molecule has 2 aromatic rings. The summed E-state index contributed by atoms with van der Waals surface area (Å²) in [5.74, 6) is 1.26. The van der Waals surface area contributed by atoms with Gasteiger partial charge in [0.05, 0.1) is 25.5 Å². The van der Waals surface area contributed by atoms with Gasteiger partial charge < -0.3 is 35.1 Å². The quantitative estimate of drug-likeness (QED) is 0.507. The van der Waals surface area contributed by atoms with Crippen molar-refractivity contribution in [3.05, 3.63) is 18.5 Å². The number of urea groups is 1. The van der Waals surface area contributed by atoms with Crippen molar-refractivity contribution in [3.63, 3.8) is 0 Å². The second-order valence-corrected chi connectivity index (χ2v) is 8.23. The van der Waals surface area contributed by atoms with Gasteiger partial charge >= 0.3 is 6.03 Å². The maximum Gasteiger partial charge on any atom is 0.317 e. The van der Waals surface area contributed by atoms with E-state index in [-0.39, 0.29) is 24.1 Å². The summed E-state index contributed by atoms with van der Waals surface area (Å²) in [4.78, 5) is 33.6. The first-order chi connectivity index (χ1) is 16.5. The Labute approximate surface area is 198 Å². The van der Waals surface area contributed by atoms with Gasteiger partial charge in [0.2, 0.25) is 17.8 Å². The lowest BCUT2D eigenvalue weighted by molar-refractivity contribution is 0.0400. The molecule has 0 bridgehead atoms. The highest BCUT2D eigenvalue weighted by atomic mass is 16.5. The monoisotopic (exact) mass is 472 g/mol. The fraction of sp³-hybridized carbons (Fsp3) is 0.591. The maximum atomic E-state index is 12.3. The summed E-state index contributed by atoms with van der Waals surface area (Å²) in [6, 6.07) is 1.80. The molecule has 0 unspecified atom stereocenters. The highest BCUT2D eigenvalue weighted by Gasteiger charge is 2.36. The van der Waals surface area contributed by atoms with E-state index in [1.54, 1.807) is 30.4 Å². The Hall–Kier alpha value is -3.25. The summed E-state index contributed by atoms with van der Waals surface area (Å²) in [6.07, 6.45) is 4.69. The smallest absolute Gasteiger partial charge is 0.317 e. The number of carbonyl (C=O) groups is 1. The number of amides is 2. The van der Waals surface area contributed by atoms with Crippen LogP contribution >= 0.6 is 0 Å². The lowest BCUT2D eigenvalue weighted by Gasteiger charge is -2.40. The molecular weight excluding hydrogens is 440 g/mol. The zero-order chi connectivity index (χ0) is 23.9. The zero-order valence-electron chi connectivity index (χ0n) is 19.6. The SMILES string of the molecule is CCOCCNC(=O)N(C)[C@H]1C[C@H](Oc2cc(-c3cnc(N)nc3)nc(N3CCOCC3)n2)C1. The molecule has 1 saturated carbocycles. The Kier molecular flexibility index (Phi) is 7.91. The van der Waals surface area contributed by atoms with Crippen LogP contribution in [0.1, 0.15) is 19.8 Å². The number of carbonyl (C=O) groups excluding carboxylic acids is 1. The average Bonchev–Trinajstić information content (AvgIpc) is 2.84. The average molecular weight is 473 g/mol. The van der Waals surface area contributed by atoms with Gasteiger partial charge in [-0.3, -0.25) is 0 Å². The Balaban J connectivity index is 1.40. The normalized spacial score (nSPS) is 19.9. The van der Waals surface area contributed by atoms with Gasteiger partial charge in [0.25, 0.3) is 0 Å². The van der Waals surface area contributed by atoms with Crippen LogP contribution in [-0.2, 0) is 9.47 Å². The number of anilines is 2. The number of rotatable bonds is 9. The van der Waals surface area contributed by atoms with Gasteiger partial charge in [-0.2, -0.15) is 4.98 Å². The lowest BCUT2D eigenvalue weighted by atomic mass is 9.88. The molecule has 2 fully saturated rings. The van der Waals surface area contributed by atoms with Crippen molar-refractivity contribution in [1.29, 1.82) is 0 Å². The lowest BCUT2D eigenvalue weighted by Crippen LogP contribution is -2.53. The highest BCUT2D eigenvalue weighted by molar-refractivity contribution is 5.74. The van der Waals surface area contributed by atoms with Crippen LogP contribution in [-0.4, -0.2) is 96.1 Å². The number of hydrogen-bond acceptors (Lipinski definition) is 10. The molecule has 34 heavy (non-hydrogen) atoms. The predicted octanol–water partition coefficient (Wildman–Crippen LogP) is 0.940. The minimum atomic E-state index is -0.106. The summed E-state index contributed by atoms with van der Waals surface area (Å²) < 4.78 is 16.9. The van der Waals surface area contributed by atoms with Crippen LogP contribution in [0.4, 0.5) is 16.7 Å². The first-order valence-corrected chi connectivity index (χ1v) is 11.6. The van der Waals surface area contributed by atoms with Crippen LogP contribution in [0.15, 0.2) is 18.5 Å². The molecule has 2 aromatic heterocycles. The second-order valence-electron chi connectivity index (χ2n) is 8.23. The van der Waals surface area contributed by atoms with Crippen molar-refractivity contribution in [2.24, 2.45) is 0 Å². The first kappa shape index (κ1) is 23.9. The van der Waals surface area contributed by atoms with Gasteiger partial charge in [-0.25, -0.2) is 19.7 Å². The summed E-state index contributed by atoms with van der Waals surface area (Å²) in [5, 5.41) is 2.87. The van der Waals surface area contributed by atoms with Crippen LogP contribution < -0.4 is 20.7 Å². The van der Waals surface area contributed by atoms with Gasteiger partial charge in [0.1, 0.15) is 6.10 Å². The maximum absolute atomic E-state index is 12.3. The number of nitrogens with two attached hydrogens (primary N) is 1. The van der Waals surface area contributed by atoms with E-state index in [1.165, 1.54) is 0 Å². The molecular formula is C22H32N8O4. The summed E-state index contributed by atoms with van der Waals surface area (Å²) in [5.41, 5.74) is 7.02. The molecule has 1 aliphatic heterocycles. The van der Waals surface area contributed by atoms with E-state index >= 15 is 0 Å². The Bertz CT molecular complexity index is 948. The van der Waals surface area contributed by atoms with Gasteiger partial charge in [0.15, 0.2) is 0 Å². The van der Waals surface area contributed by atoms with E-state index in [4.69, 9.17) is 24.9 Å². The summed E-state index contributed by atoms with van der Waals surface area (Å²) in [6.45, 7) is 6.22. The second kappa shape index (κ2) is 11.3. The van der Waals surface area contributed by atoms with E-state index in [9.17, 15) is 4.79 Å². The van der Waals surface area contributed by atoms with Crippen LogP contribution in [0, 0.1) is 0 Å². The molecule has 2 aliphatic rings. The molecule has 1 saturated heterocycles. The van der Waals surface area contributed by atoms with Crippen molar-refractivity contribution >= 4 is 17.9 Å². The van der Waals surface area contributed by atoms with Crippen molar-refractivity contribution < 1.29 is 19.0 Å². The van der Waals surface area contributed by atoms with E-state index in [1.807, 2.05) is 6.92 Å². The van der Waals surface area contributed by atoms with Crippen LogP contribution in [0.25, 0.3) is 11.3 Å². The number of nitrogens with zero attached hydrogens (tertiary/aromatic N) is 6. The third-order valence-electron chi connectivity index (χ3n) is 5.90. The Morgan fingerprint density at radius 1 is 1.26 bits per heavy atom. The van der Waals surface area contributed by atoms with E-state index in [2.05, 4.69) is 25.2 Å². The standard InChI is InChI=1S/C22H32N8O4/c1-3-32-7-4-24-22(31)29(2)16-10-17(11-16)34-19-12-18(15-13-25-20(23)26-14-15)27-21(28-19)30-5-8-33-9-6-30/h12-14,16-17H,3-11H2,1-2H3,(H,24,31)(H2,23,25,26)/t16-,17-. The molecule has 0 spiro atoms. The fourth-order valence-corrected chi connectivity index (χ4v) is 3.78. The number of nitrogen functional groups attached to an aromatic ring is 1. The number of hydrogen-bond donors (Lipinski definition) is 2. The van der Waals surface area contributed by atoms with E-state index in [0.717, 1.165) is 18.4 Å². The van der Waals surface area contributed by atoms with Crippen molar-refractivity contribution in [3.8, 4) is 17.1 Å². The molecule has 3 N–H and O–H groups in total. The molecule has 0 radical (unpaired) electrons. The Morgan fingerprint density at radius 3 is 2.71 bits per heavy atom. The molecule has 1 aliphatic carbocycles. The van der Waals surface area contributed by atoms with Gasteiger partial charge in [-0.1, -0.05) is 0 Å². The van der Waals surface area contributed by atoms with Crippen LogP contribution in [0.3, 0.4) is 0 Å². The molecule has 12 heteroatoms. The van der Waals surface area contributed by atoms with Crippen molar-refractivity contribution in [1.82, 2.24) is 30.2 Å². The molecule has 0 atom stereocenters. The van der Waals surface area contributed by atoms with Gasteiger partial charge in [0, 0.05) is 76.2 Å². The largest absolute Gasteiger partial charge is 0.474 e. The molecule has 12 nitrogen and oxygen atoms in total. The predicted molar refractivity (Wildman–Crippen MR) is 126 cm³/mol. The molecule has 2 amide bonds. The minimum absolute atomic E-state index is 0.0355. The third-order valence-corrected chi connectivity index (χ3v) is 5.90. The Morgan fingerprint density at radius 2 is 2.00 bits per heavy atom. The zero-order valence-corrected chi connectivity index (χ0v) is 19.6. The van der Waals surface area contributed by atoms with Gasteiger partial charge in [-0.15, -0.1) is 0 Å². The first-order valence-electron chi connectivity index (χ1n) is 11.6. The number of ether oxygens (including phenoxy) is 3. The molecule has 184 valence electrons. The highest BCUT2D eigenvalue weighted by Crippen LogP contribution is 2.31. The van der Waals surface area contributed by atoms with E-state index in [0.29, 0.717) is 63.6 Å². The van der Waals surface area contributed by atoms with Gasteiger partial charge in [-0.05, 0) is 6.92 Å². The summed E-state index contributed by atoms with van der Waals surface area (Å²) >= 11 is 0. The minimum Gasteiger partial charge on any atom is -0.474 e. The number of aromatic nitrogens is 4. The number of morpholine rings is 1. The fourth-order valence-electron chi connectivity index (χ4n) is 3.78. The van der Waals surface area contributed by atoms with E-state index < -0.39 is 0 Å². The molecule has 0 aromatic carbocycles.